The van der Waals surface area contributed by atoms with Crippen LogP contribution in [0.3, 0.4) is 0 Å². The lowest BCUT2D eigenvalue weighted by Crippen LogP contribution is -2.11. The SMILES string of the molecule is Cc1ccc(C2CC(c3ccccc3)Nc3ccccc3S2)cc1. The van der Waals surface area contributed by atoms with E-state index in [1.807, 2.05) is 11.8 Å². The van der Waals surface area contributed by atoms with E-state index in [0.717, 1.165) is 6.42 Å². The van der Waals surface area contributed by atoms with Crippen LogP contribution in [0.25, 0.3) is 0 Å². The fraction of sp³-hybridized carbons (Fsp3) is 0.182. The Labute approximate surface area is 148 Å². The predicted molar refractivity (Wildman–Crippen MR) is 104 cm³/mol. The minimum absolute atomic E-state index is 0.327. The maximum absolute atomic E-state index is 3.77. The molecule has 4 rings (SSSR count). The third kappa shape index (κ3) is 3.20. The van der Waals surface area contributed by atoms with Crippen molar-refractivity contribution in [2.75, 3.05) is 5.32 Å². The summed E-state index contributed by atoms with van der Waals surface area (Å²) in [6, 6.07) is 28.8. The van der Waals surface area contributed by atoms with E-state index in [0.29, 0.717) is 11.3 Å². The summed E-state index contributed by atoms with van der Waals surface area (Å²) in [5.74, 6) is 0. The zero-order chi connectivity index (χ0) is 16.4. The van der Waals surface area contributed by atoms with E-state index in [1.54, 1.807) is 0 Å². The molecular weight excluding hydrogens is 310 g/mol. The second-order valence-electron chi connectivity index (χ2n) is 6.36. The maximum atomic E-state index is 3.77. The zero-order valence-electron chi connectivity index (χ0n) is 13.8. The highest BCUT2D eigenvalue weighted by Crippen LogP contribution is 2.47. The van der Waals surface area contributed by atoms with E-state index in [2.05, 4.69) is 91.1 Å². The van der Waals surface area contributed by atoms with Gasteiger partial charge >= 0.3 is 0 Å². The minimum Gasteiger partial charge on any atom is -0.377 e. The number of hydrogen-bond donors (Lipinski definition) is 1. The molecule has 2 heteroatoms. The number of anilines is 1. The molecule has 3 aromatic rings. The lowest BCUT2D eigenvalue weighted by atomic mass is 9.98. The first kappa shape index (κ1) is 15.3. The van der Waals surface area contributed by atoms with E-state index in [1.165, 1.54) is 27.3 Å². The van der Waals surface area contributed by atoms with Gasteiger partial charge < -0.3 is 5.32 Å². The Bertz CT molecular complexity index is 811. The molecule has 120 valence electrons. The van der Waals surface area contributed by atoms with Crippen LogP contribution in [0.4, 0.5) is 5.69 Å². The van der Waals surface area contributed by atoms with Crippen LogP contribution in [-0.4, -0.2) is 0 Å². The molecule has 1 aliphatic heterocycles. The molecule has 0 spiro atoms. The molecule has 1 aliphatic rings. The van der Waals surface area contributed by atoms with Gasteiger partial charge in [0.05, 0.1) is 6.04 Å². The van der Waals surface area contributed by atoms with Gasteiger partial charge in [-0.3, -0.25) is 0 Å². The van der Waals surface area contributed by atoms with Gasteiger partial charge in [-0.2, -0.15) is 0 Å². The number of nitrogens with one attached hydrogen (secondary N) is 1. The van der Waals surface area contributed by atoms with Crippen LogP contribution < -0.4 is 5.32 Å². The Morgan fingerprint density at radius 2 is 1.50 bits per heavy atom. The monoisotopic (exact) mass is 331 g/mol. The third-order valence-electron chi connectivity index (χ3n) is 4.59. The Hall–Kier alpha value is -2.19. The van der Waals surface area contributed by atoms with Crippen LogP contribution in [0.1, 0.15) is 34.4 Å². The molecule has 0 fully saturated rings. The van der Waals surface area contributed by atoms with E-state index in [-0.39, 0.29) is 0 Å². The third-order valence-corrected chi connectivity index (χ3v) is 5.95. The Morgan fingerprint density at radius 3 is 2.29 bits per heavy atom. The standard InChI is InChI=1S/C22H21NS/c1-16-11-13-18(14-12-16)22-15-20(17-7-3-2-4-8-17)23-19-9-5-6-10-21(19)24-22/h2-14,20,22-23H,15H2,1H3. The highest BCUT2D eigenvalue weighted by molar-refractivity contribution is 7.99. The number of aryl methyl sites for hydroxylation is 1. The van der Waals surface area contributed by atoms with Gasteiger partial charge in [0.25, 0.3) is 0 Å². The normalized spacial score (nSPS) is 19.9. The summed E-state index contributed by atoms with van der Waals surface area (Å²) in [5, 5.41) is 4.22. The molecule has 0 aromatic heterocycles. The van der Waals surface area contributed by atoms with E-state index in [4.69, 9.17) is 0 Å². The molecule has 3 aromatic carbocycles. The van der Waals surface area contributed by atoms with Crippen molar-refractivity contribution in [3.05, 3.63) is 95.6 Å². The molecule has 1 nitrogen and oxygen atoms in total. The topological polar surface area (TPSA) is 12.0 Å². The Balaban J connectivity index is 1.73. The van der Waals surface area contributed by atoms with Crippen molar-refractivity contribution in [2.45, 2.75) is 29.5 Å². The summed E-state index contributed by atoms with van der Waals surface area (Å²) < 4.78 is 0. The van der Waals surface area contributed by atoms with Crippen molar-refractivity contribution in [1.29, 1.82) is 0 Å². The maximum Gasteiger partial charge on any atom is 0.0528 e. The molecule has 0 amide bonds. The van der Waals surface area contributed by atoms with Gasteiger partial charge in [-0.05, 0) is 36.6 Å². The van der Waals surface area contributed by atoms with Gasteiger partial charge in [-0.1, -0.05) is 72.3 Å². The number of thioether (sulfide) groups is 1. The summed E-state index contributed by atoms with van der Waals surface area (Å²) in [6.45, 7) is 2.15. The van der Waals surface area contributed by atoms with Crippen molar-refractivity contribution in [2.24, 2.45) is 0 Å². The average Bonchev–Trinajstić information content (AvgIpc) is 2.83. The predicted octanol–water partition coefficient (Wildman–Crippen LogP) is 6.39. The zero-order valence-corrected chi connectivity index (χ0v) is 14.6. The number of rotatable bonds is 2. The van der Waals surface area contributed by atoms with Gasteiger partial charge in [0.15, 0.2) is 0 Å². The number of hydrogen-bond acceptors (Lipinski definition) is 2. The van der Waals surface area contributed by atoms with Crippen LogP contribution in [0.2, 0.25) is 0 Å². The molecule has 2 atom stereocenters. The summed E-state index contributed by atoms with van der Waals surface area (Å²) >= 11 is 1.97. The number of para-hydroxylation sites is 1. The van der Waals surface area contributed by atoms with Crippen LogP contribution >= 0.6 is 11.8 Å². The Morgan fingerprint density at radius 1 is 0.792 bits per heavy atom. The fourth-order valence-corrected chi connectivity index (χ4v) is 4.54. The second kappa shape index (κ2) is 6.74. The van der Waals surface area contributed by atoms with Gasteiger partial charge in [-0.15, -0.1) is 11.8 Å². The van der Waals surface area contributed by atoms with Crippen LogP contribution in [0.15, 0.2) is 83.8 Å². The average molecular weight is 331 g/mol. The summed E-state index contributed by atoms with van der Waals surface area (Å²) in [4.78, 5) is 1.33. The van der Waals surface area contributed by atoms with Crippen LogP contribution in [-0.2, 0) is 0 Å². The summed E-state index contributed by atoms with van der Waals surface area (Å²) in [5.41, 5.74) is 5.32. The summed E-state index contributed by atoms with van der Waals surface area (Å²) in [6.07, 6.45) is 1.08. The van der Waals surface area contributed by atoms with Gasteiger partial charge in [0, 0.05) is 15.8 Å². The lowest BCUT2D eigenvalue weighted by molar-refractivity contribution is 0.687. The van der Waals surface area contributed by atoms with Crippen LogP contribution in [0.5, 0.6) is 0 Å². The number of benzene rings is 3. The minimum atomic E-state index is 0.327. The molecule has 0 saturated heterocycles. The smallest absolute Gasteiger partial charge is 0.0528 e. The first-order valence-corrected chi connectivity index (χ1v) is 9.31. The first-order valence-electron chi connectivity index (χ1n) is 8.43. The van der Waals surface area contributed by atoms with E-state index < -0.39 is 0 Å². The van der Waals surface area contributed by atoms with Crippen molar-refractivity contribution in [1.82, 2.24) is 0 Å². The van der Waals surface area contributed by atoms with E-state index in [9.17, 15) is 0 Å². The van der Waals surface area contributed by atoms with Crippen molar-refractivity contribution in [3.8, 4) is 0 Å². The molecule has 0 radical (unpaired) electrons. The van der Waals surface area contributed by atoms with Gasteiger partial charge in [0.1, 0.15) is 0 Å². The Kier molecular flexibility index (Phi) is 4.31. The highest BCUT2D eigenvalue weighted by atomic mass is 32.2. The molecule has 1 N–H and O–H groups in total. The van der Waals surface area contributed by atoms with Crippen molar-refractivity contribution in [3.63, 3.8) is 0 Å². The van der Waals surface area contributed by atoms with Gasteiger partial charge in [0.2, 0.25) is 0 Å². The molecular formula is C22H21NS. The first-order chi connectivity index (χ1) is 11.8. The fourth-order valence-electron chi connectivity index (χ4n) is 3.24. The molecule has 24 heavy (non-hydrogen) atoms. The molecule has 0 bridgehead atoms. The largest absolute Gasteiger partial charge is 0.377 e. The second-order valence-corrected chi connectivity index (χ2v) is 7.60. The van der Waals surface area contributed by atoms with Crippen molar-refractivity contribution < 1.29 is 0 Å². The number of fused-ring (bicyclic) bond motifs is 1. The molecule has 2 unspecified atom stereocenters. The summed E-state index contributed by atoms with van der Waals surface area (Å²) in [7, 11) is 0. The molecule has 0 saturated carbocycles. The van der Waals surface area contributed by atoms with Crippen LogP contribution in [0, 0.1) is 6.92 Å². The van der Waals surface area contributed by atoms with Crippen molar-refractivity contribution >= 4 is 17.4 Å². The molecule has 0 aliphatic carbocycles. The molecule has 1 heterocycles. The quantitative estimate of drug-likeness (QED) is 0.584. The highest BCUT2D eigenvalue weighted by Gasteiger charge is 2.25. The van der Waals surface area contributed by atoms with Gasteiger partial charge in [-0.25, -0.2) is 0 Å². The lowest BCUT2D eigenvalue weighted by Gasteiger charge is -2.21. The van der Waals surface area contributed by atoms with E-state index >= 15 is 0 Å².